The van der Waals surface area contributed by atoms with Gasteiger partial charge in [-0.25, -0.2) is 0 Å². The van der Waals surface area contributed by atoms with Crippen LogP contribution in [0, 0.1) is 0 Å². The number of anilines is 1. The van der Waals surface area contributed by atoms with Gasteiger partial charge in [-0.05, 0) is 30.4 Å². The summed E-state index contributed by atoms with van der Waals surface area (Å²) in [6, 6.07) is 10.0. The minimum Gasteiger partial charge on any atom is -0.368 e. The number of hydrogen-bond acceptors (Lipinski definition) is 2. The Kier molecular flexibility index (Phi) is 2.44. The van der Waals surface area contributed by atoms with Gasteiger partial charge in [0, 0.05) is 11.4 Å². The third-order valence-electron chi connectivity index (χ3n) is 3.12. The van der Waals surface area contributed by atoms with E-state index < -0.39 is 0 Å². The van der Waals surface area contributed by atoms with Crippen molar-refractivity contribution in [2.45, 2.75) is 18.9 Å². The first kappa shape index (κ1) is 10.1. The van der Waals surface area contributed by atoms with Crippen LogP contribution in [0.4, 0.5) is 5.82 Å². The lowest BCUT2D eigenvalue weighted by Crippen LogP contribution is -2.18. The molecule has 0 saturated heterocycles. The van der Waals surface area contributed by atoms with Gasteiger partial charge in [0.05, 0.1) is 0 Å². The summed E-state index contributed by atoms with van der Waals surface area (Å²) in [7, 11) is 0. The Morgan fingerprint density at radius 2 is 1.94 bits per heavy atom. The van der Waals surface area contributed by atoms with E-state index in [0.717, 1.165) is 29.4 Å². The number of hydrogen-bond donors (Lipinski definition) is 2. The predicted molar refractivity (Wildman–Crippen MR) is 70.4 cm³/mol. The van der Waals surface area contributed by atoms with Gasteiger partial charge in [0.15, 0.2) is 0 Å². The Morgan fingerprint density at radius 3 is 2.76 bits per heavy atom. The van der Waals surface area contributed by atoms with E-state index >= 15 is 0 Å². The third kappa shape index (κ3) is 1.96. The van der Waals surface area contributed by atoms with Crippen LogP contribution in [0.5, 0.6) is 0 Å². The maximum absolute atomic E-state index is 11.9. The van der Waals surface area contributed by atoms with Crippen LogP contribution < -0.4 is 10.9 Å². The Hall–Kier alpha value is -2.03. The molecule has 0 amide bonds. The highest BCUT2D eigenvalue weighted by molar-refractivity contribution is 5.83. The van der Waals surface area contributed by atoms with Gasteiger partial charge in [0.1, 0.15) is 5.82 Å². The number of fused-ring (bicyclic) bond motifs is 1. The van der Waals surface area contributed by atoms with E-state index in [1.54, 1.807) is 0 Å². The monoisotopic (exact) mass is 226 g/mol. The fourth-order valence-electron chi connectivity index (χ4n) is 2.24. The van der Waals surface area contributed by atoms with E-state index in [2.05, 4.69) is 22.5 Å². The quantitative estimate of drug-likeness (QED) is 0.773. The zero-order valence-corrected chi connectivity index (χ0v) is 9.44. The molecule has 3 heteroatoms. The minimum atomic E-state index is -0.0310. The second-order valence-corrected chi connectivity index (χ2v) is 4.38. The largest absolute Gasteiger partial charge is 0.368 e. The molecule has 0 unspecified atom stereocenters. The first-order valence-electron chi connectivity index (χ1n) is 5.86. The van der Waals surface area contributed by atoms with Crippen LogP contribution in [0.1, 0.15) is 12.8 Å². The van der Waals surface area contributed by atoms with Gasteiger partial charge in [0.25, 0.3) is 5.56 Å². The van der Waals surface area contributed by atoms with Gasteiger partial charge < -0.3 is 10.3 Å². The van der Waals surface area contributed by atoms with Crippen LogP contribution in [0.2, 0.25) is 0 Å². The van der Waals surface area contributed by atoms with E-state index in [1.807, 2.05) is 30.3 Å². The molecule has 1 aromatic heterocycles. The molecule has 2 N–H and O–H groups in total. The Bertz CT molecular complexity index is 619. The molecule has 86 valence electrons. The molecule has 1 aliphatic rings. The van der Waals surface area contributed by atoms with Crippen molar-refractivity contribution in [1.29, 1.82) is 0 Å². The number of benzene rings is 1. The summed E-state index contributed by atoms with van der Waals surface area (Å²) in [6.45, 7) is 0. The summed E-state index contributed by atoms with van der Waals surface area (Å²) in [5, 5.41) is 5.07. The van der Waals surface area contributed by atoms with E-state index in [1.165, 1.54) is 0 Å². The highest BCUT2D eigenvalue weighted by atomic mass is 16.1. The molecule has 2 aromatic rings. The number of pyridine rings is 1. The summed E-state index contributed by atoms with van der Waals surface area (Å²) in [5.74, 6) is 0.808. The second kappa shape index (κ2) is 4.09. The maximum Gasteiger partial charge on any atom is 0.257 e. The smallest absolute Gasteiger partial charge is 0.257 e. The molecule has 0 aliphatic heterocycles. The predicted octanol–water partition coefficient (Wildman–Crippen LogP) is 2.66. The van der Waals surface area contributed by atoms with Crippen molar-refractivity contribution in [3.05, 3.63) is 52.8 Å². The lowest BCUT2D eigenvalue weighted by molar-refractivity contribution is 0.780. The van der Waals surface area contributed by atoms with E-state index in [9.17, 15) is 4.79 Å². The van der Waals surface area contributed by atoms with Crippen molar-refractivity contribution < 1.29 is 0 Å². The molecular weight excluding hydrogens is 212 g/mol. The van der Waals surface area contributed by atoms with E-state index in [0.29, 0.717) is 6.04 Å². The van der Waals surface area contributed by atoms with Crippen molar-refractivity contribution in [2.75, 3.05) is 5.32 Å². The SMILES string of the molecule is O=c1[nH]c(NC2CC=CC2)cc2ccccc12. The Labute approximate surface area is 99.2 Å². The molecule has 0 saturated carbocycles. The molecule has 0 atom stereocenters. The molecule has 3 rings (SSSR count). The molecule has 1 heterocycles. The standard InChI is InChI=1S/C14H14N2O/c17-14-12-8-4-1-5-10(12)9-13(16-14)15-11-6-2-3-7-11/h1-5,8-9,11H,6-7H2,(H2,15,16,17). The highest BCUT2D eigenvalue weighted by Crippen LogP contribution is 2.17. The van der Waals surface area contributed by atoms with Gasteiger partial charge in [-0.2, -0.15) is 0 Å². The van der Waals surface area contributed by atoms with Gasteiger partial charge in [-0.1, -0.05) is 30.4 Å². The van der Waals surface area contributed by atoms with Gasteiger partial charge in [-0.3, -0.25) is 4.79 Å². The molecular formula is C14H14N2O. The highest BCUT2D eigenvalue weighted by Gasteiger charge is 2.10. The number of H-pyrrole nitrogens is 1. The molecule has 0 spiro atoms. The molecule has 17 heavy (non-hydrogen) atoms. The van der Waals surface area contributed by atoms with Gasteiger partial charge in [0.2, 0.25) is 0 Å². The van der Waals surface area contributed by atoms with Crippen LogP contribution in [0.3, 0.4) is 0 Å². The fraction of sp³-hybridized carbons (Fsp3) is 0.214. The van der Waals surface area contributed by atoms with Crippen LogP contribution in [-0.4, -0.2) is 11.0 Å². The van der Waals surface area contributed by atoms with Crippen LogP contribution in [-0.2, 0) is 0 Å². The average Bonchev–Trinajstić information content (AvgIpc) is 2.82. The molecule has 0 fully saturated rings. The summed E-state index contributed by atoms with van der Waals surface area (Å²) >= 11 is 0. The van der Waals surface area contributed by atoms with E-state index in [-0.39, 0.29) is 5.56 Å². The third-order valence-corrected chi connectivity index (χ3v) is 3.12. The molecule has 3 nitrogen and oxygen atoms in total. The lowest BCUT2D eigenvalue weighted by Gasteiger charge is -2.13. The zero-order valence-electron chi connectivity index (χ0n) is 9.44. The first-order valence-corrected chi connectivity index (χ1v) is 5.86. The zero-order chi connectivity index (χ0) is 11.7. The summed E-state index contributed by atoms with van der Waals surface area (Å²) < 4.78 is 0. The second-order valence-electron chi connectivity index (χ2n) is 4.38. The molecule has 0 radical (unpaired) electrons. The Morgan fingerprint density at radius 1 is 1.18 bits per heavy atom. The topological polar surface area (TPSA) is 44.9 Å². The number of nitrogens with one attached hydrogen (secondary N) is 2. The molecule has 0 bridgehead atoms. The first-order chi connectivity index (χ1) is 8.33. The molecule has 1 aliphatic carbocycles. The number of aromatic amines is 1. The fourth-order valence-corrected chi connectivity index (χ4v) is 2.24. The van der Waals surface area contributed by atoms with Crippen molar-refractivity contribution >= 4 is 16.6 Å². The average molecular weight is 226 g/mol. The van der Waals surface area contributed by atoms with Gasteiger partial charge >= 0.3 is 0 Å². The summed E-state index contributed by atoms with van der Waals surface area (Å²) in [5.41, 5.74) is -0.0310. The van der Waals surface area contributed by atoms with Crippen LogP contribution in [0.15, 0.2) is 47.3 Å². The minimum absolute atomic E-state index is 0.0310. The summed E-state index contributed by atoms with van der Waals surface area (Å²) in [6.07, 6.45) is 6.37. The lowest BCUT2D eigenvalue weighted by atomic mass is 10.1. The van der Waals surface area contributed by atoms with Crippen molar-refractivity contribution in [2.24, 2.45) is 0 Å². The Balaban J connectivity index is 1.97. The summed E-state index contributed by atoms with van der Waals surface area (Å²) in [4.78, 5) is 14.7. The van der Waals surface area contributed by atoms with Crippen LogP contribution in [0.25, 0.3) is 10.8 Å². The van der Waals surface area contributed by atoms with Crippen molar-refractivity contribution in [1.82, 2.24) is 4.98 Å². The molecule has 1 aromatic carbocycles. The maximum atomic E-state index is 11.9. The van der Waals surface area contributed by atoms with Crippen molar-refractivity contribution in [3.63, 3.8) is 0 Å². The number of rotatable bonds is 2. The van der Waals surface area contributed by atoms with Crippen LogP contribution >= 0.6 is 0 Å². The van der Waals surface area contributed by atoms with Crippen molar-refractivity contribution in [3.8, 4) is 0 Å². The number of aromatic nitrogens is 1. The van der Waals surface area contributed by atoms with Gasteiger partial charge in [-0.15, -0.1) is 0 Å². The van der Waals surface area contributed by atoms with E-state index in [4.69, 9.17) is 0 Å². The normalized spacial score (nSPS) is 15.5.